The second-order valence-electron chi connectivity index (χ2n) is 4.24. The monoisotopic (exact) mass is 321 g/mol. The summed E-state index contributed by atoms with van der Waals surface area (Å²) in [7, 11) is -0.319. The largest absolute Gasteiger partial charge is 0.381 e. The first-order chi connectivity index (χ1) is 9.27. The first-order valence-corrected chi connectivity index (χ1v) is 8.36. The molecule has 9 heteroatoms. The molecule has 0 spiro atoms. The molecule has 0 aliphatic carbocycles. The fraction of sp³-hybridized carbons (Fsp3) is 0.636. The molecular weight excluding hydrogens is 302 g/mol. The minimum atomic E-state index is -3.87. The molecule has 0 saturated heterocycles. The van der Waals surface area contributed by atoms with Crippen LogP contribution in [0.25, 0.3) is 0 Å². The molecular formula is C11H19N3O4S2. The van der Waals surface area contributed by atoms with Crippen LogP contribution in [0.2, 0.25) is 0 Å². The highest BCUT2D eigenvalue weighted by Crippen LogP contribution is 2.28. The Morgan fingerprint density at radius 3 is 2.60 bits per heavy atom. The van der Waals surface area contributed by atoms with Crippen LogP contribution in [0.1, 0.15) is 19.0 Å². The van der Waals surface area contributed by atoms with Gasteiger partial charge in [-0.3, -0.25) is 4.79 Å². The molecule has 20 heavy (non-hydrogen) atoms. The second kappa shape index (κ2) is 7.00. The molecule has 0 fully saturated rings. The fourth-order valence-electron chi connectivity index (χ4n) is 1.37. The van der Waals surface area contributed by atoms with Gasteiger partial charge in [0.2, 0.25) is 5.91 Å². The van der Waals surface area contributed by atoms with Crippen molar-refractivity contribution < 1.29 is 17.9 Å². The summed E-state index contributed by atoms with van der Waals surface area (Å²) >= 11 is 1.03. The topological polar surface area (TPSA) is 88.6 Å². The van der Waals surface area contributed by atoms with Crippen LogP contribution >= 0.6 is 11.3 Å². The summed E-state index contributed by atoms with van der Waals surface area (Å²) in [6.45, 7) is 4.09. The van der Waals surface area contributed by atoms with Gasteiger partial charge in [0.1, 0.15) is 0 Å². The molecule has 1 aromatic rings. The molecule has 0 aliphatic heterocycles. The zero-order valence-corrected chi connectivity index (χ0v) is 13.6. The fourth-order valence-corrected chi connectivity index (χ4v) is 3.81. The number of ether oxygens (including phenoxy) is 1. The normalized spacial score (nSPS) is 11.4. The maximum atomic E-state index is 12.1. The first-order valence-electron chi connectivity index (χ1n) is 6.06. The van der Waals surface area contributed by atoms with E-state index in [9.17, 15) is 13.2 Å². The molecule has 0 unspecified atom stereocenters. The Bertz CT molecular complexity index is 566. The number of aryl methyl sites for hydroxylation is 1. The van der Waals surface area contributed by atoms with Crippen LogP contribution in [-0.2, 0) is 19.6 Å². The third-order valence-corrected chi connectivity index (χ3v) is 5.60. The minimum Gasteiger partial charge on any atom is -0.381 e. The number of amides is 1. The molecule has 1 aromatic heterocycles. The summed E-state index contributed by atoms with van der Waals surface area (Å²) in [5.41, 5.74) is 0.379. The number of sulfonamides is 1. The molecule has 0 bridgehead atoms. The standard InChI is InChI=1S/C11H19N3O4S2/c1-5-18-7-6-9(15)13-20(16,17)10-8(2)12-11(19-10)14(3)4/h5-7H2,1-4H3,(H,13,15). The third kappa shape index (κ3) is 4.43. The van der Waals surface area contributed by atoms with Crippen LogP contribution in [0.5, 0.6) is 0 Å². The Labute approximate surface area is 123 Å². The summed E-state index contributed by atoms with van der Waals surface area (Å²) in [6.07, 6.45) is 0.00542. The molecule has 7 nitrogen and oxygen atoms in total. The number of carbonyl (C=O) groups excluding carboxylic acids is 1. The third-order valence-electron chi connectivity index (χ3n) is 2.30. The van der Waals surface area contributed by atoms with Crippen molar-refractivity contribution in [2.75, 3.05) is 32.2 Å². The van der Waals surface area contributed by atoms with Crippen molar-refractivity contribution in [2.45, 2.75) is 24.5 Å². The quantitative estimate of drug-likeness (QED) is 0.746. The highest BCUT2D eigenvalue weighted by atomic mass is 32.2. The van der Waals surface area contributed by atoms with Gasteiger partial charge >= 0.3 is 0 Å². The lowest BCUT2D eigenvalue weighted by molar-refractivity contribution is -0.120. The van der Waals surface area contributed by atoms with E-state index in [1.165, 1.54) is 0 Å². The number of thiazole rings is 1. The van der Waals surface area contributed by atoms with Crippen LogP contribution in [0.3, 0.4) is 0 Å². The van der Waals surface area contributed by atoms with Crippen LogP contribution in [-0.4, -0.2) is 46.6 Å². The number of hydrogen-bond acceptors (Lipinski definition) is 7. The highest BCUT2D eigenvalue weighted by molar-refractivity contribution is 7.92. The van der Waals surface area contributed by atoms with Gasteiger partial charge in [-0.25, -0.2) is 18.1 Å². The SMILES string of the molecule is CCOCCC(=O)NS(=O)(=O)c1sc(N(C)C)nc1C. The summed E-state index contributed by atoms with van der Waals surface area (Å²) < 4.78 is 31.3. The summed E-state index contributed by atoms with van der Waals surface area (Å²) in [4.78, 5) is 17.4. The van der Waals surface area contributed by atoms with Gasteiger partial charge in [-0.1, -0.05) is 11.3 Å². The van der Waals surface area contributed by atoms with Crippen molar-refractivity contribution in [2.24, 2.45) is 0 Å². The Hall–Kier alpha value is -1.19. The predicted octanol–water partition coefficient (Wildman–Crippen LogP) is 0.749. The van der Waals surface area contributed by atoms with Crippen LogP contribution in [0.15, 0.2) is 4.21 Å². The van der Waals surface area contributed by atoms with Crippen molar-refractivity contribution in [3.63, 3.8) is 0 Å². The lowest BCUT2D eigenvalue weighted by Crippen LogP contribution is -2.31. The second-order valence-corrected chi connectivity index (χ2v) is 7.09. The van der Waals surface area contributed by atoms with Crippen LogP contribution in [0.4, 0.5) is 5.13 Å². The number of aromatic nitrogens is 1. The average molecular weight is 321 g/mol. The van der Waals surface area contributed by atoms with Gasteiger partial charge in [0.15, 0.2) is 9.34 Å². The molecule has 1 N–H and O–H groups in total. The number of hydrogen-bond donors (Lipinski definition) is 1. The number of carbonyl (C=O) groups is 1. The van der Waals surface area contributed by atoms with Crippen molar-refractivity contribution in [1.29, 1.82) is 0 Å². The van der Waals surface area contributed by atoms with E-state index >= 15 is 0 Å². The smallest absolute Gasteiger partial charge is 0.275 e. The van der Waals surface area contributed by atoms with E-state index in [2.05, 4.69) is 4.98 Å². The Balaban J connectivity index is 2.81. The van der Waals surface area contributed by atoms with Gasteiger partial charge < -0.3 is 9.64 Å². The lowest BCUT2D eigenvalue weighted by atomic mass is 10.4. The minimum absolute atomic E-state index is 0.00542. The van der Waals surface area contributed by atoms with Gasteiger partial charge in [0, 0.05) is 20.7 Å². The highest BCUT2D eigenvalue weighted by Gasteiger charge is 2.24. The Morgan fingerprint density at radius 2 is 2.10 bits per heavy atom. The predicted molar refractivity (Wildman–Crippen MR) is 77.6 cm³/mol. The van der Waals surface area contributed by atoms with Crippen molar-refractivity contribution in [1.82, 2.24) is 9.71 Å². The molecule has 1 rings (SSSR count). The van der Waals surface area contributed by atoms with E-state index in [0.29, 0.717) is 17.4 Å². The van der Waals surface area contributed by atoms with E-state index < -0.39 is 15.9 Å². The van der Waals surface area contributed by atoms with Gasteiger partial charge in [0.05, 0.1) is 18.7 Å². The molecule has 0 aliphatic rings. The number of nitrogens with zero attached hydrogens (tertiary/aromatic N) is 2. The molecule has 114 valence electrons. The van der Waals surface area contributed by atoms with Crippen molar-refractivity contribution in [3.05, 3.63) is 5.69 Å². The van der Waals surface area contributed by atoms with Gasteiger partial charge in [-0.2, -0.15) is 0 Å². The zero-order valence-electron chi connectivity index (χ0n) is 12.0. The maximum absolute atomic E-state index is 12.1. The molecule has 0 radical (unpaired) electrons. The first kappa shape index (κ1) is 16.9. The van der Waals surface area contributed by atoms with E-state index in [-0.39, 0.29) is 17.2 Å². The van der Waals surface area contributed by atoms with Gasteiger partial charge in [0.25, 0.3) is 10.0 Å². The molecule has 0 aromatic carbocycles. The summed E-state index contributed by atoms with van der Waals surface area (Å²) in [6, 6.07) is 0. The molecule has 1 heterocycles. The van der Waals surface area contributed by atoms with Crippen molar-refractivity contribution in [3.8, 4) is 0 Å². The van der Waals surface area contributed by atoms with E-state index in [1.807, 2.05) is 4.72 Å². The molecule has 0 saturated carbocycles. The van der Waals surface area contributed by atoms with Gasteiger partial charge in [-0.05, 0) is 13.8 Å². The van der Waals surface area contributed by atoms with E-state index in [1.54, 1.807) is 32.8 Å². The zero-order chi connectivity index (χ0) is 15.3. The summed E-state index contributed by atoms with van der Waals surface area (Å²) in [5.74, 6) is -0.586. The van der Waals surface area contributed by atoms with Crippen molar-refractivity contribution >= 4 is 32.4 Å². The molecule has 0 atom stereocenters. The van der Waals surface area contributed by atoms with Gasteiger partial charge in [-0.15, -0.1) is 0 Å². The lowest BCUT2D eigenvalue weighted by Gasteiger charge is -2.06. The Kier molecular flexibility index (Phi) is 5.90. The van der Waals surface area contributed by atoms with E-state index in [4.69, 9.17) is 4.74 Å². The maximum Gasteiger partial charge on any atom is 0.275 e. The number of nitrogens with one attached hydrogen (secondary N) is 1. The van der Waals surface area contributed by atoms with Crippen LogP contribution in [0, 0.1) is 6.92 Å². The summed E-state index contributed by atoms with van der Waals surface area (Å²) in [5, 5.41) is 0.574. The average Bonchev–Trinajstić information content (AvgIpc) is 2.72. The number of anilines is 1. The van der Waals surface area contributed by atoms with E-state index in [0.717, 1.165) is 11.3 Å². The molecule has 1 amide bonds. The van der Waals surface area contributed by atoms with Crippen LogP contribution < -0.4 is 9.62 Å². The Morgan fingerprint density at radius 1 is 1.45 bits per heavy atom. The number of rotatable bonds is 7.